The maximum Gasteiger partial charge on any atom is 0.246 e. The first-order valence-corrected chi connectivity index (χ1v) is 8.93. The van der Waals surface area contributed by atoms with E-state index in [0.717, 1.165) is 28.1 Å². The maximum atomic E-state index is 12.3. The predicted molar refractivity (Wildman–Crippen MR) is 109 cm³/mol. The lowest BCUT2D eigenvalue weighted by molar-refractivity contribution is -0.129. The van der Waals surface area contributed by atoms with Gasteiger partial charge in [0, 0.05) is 24.4 Å². The predicted octanol–water partition coefficient (Wildman–Crippen LogP) is 3.81. The summed E-state index contributed by atoms with van der Waals surface area (Å²) in [5.74, 6) is 0.236. The number of amides is 2. The monoisotopic (exact) mass is 366 g/mol. The van der Waals surface area contributed by atoms with E-state index in [-0.39, 0.29) is 18.4 Å². The van der Waals surface area contributed by atoms with Crippen molar-refractivity contribution in [2.45, 2.75) is 20.8 Å². The number of aryl methyl sites for hydroxylation is 1. The molecule has 2 aromatic carbocycles. The second-order valence-corrected chi connectivity index (χ2v) is 6.29. The second-order valence-electron chi connectivity index (χ2n) is 6.29. The number of para-hydroxylation sites is 1. The van der Waals surface area contributed by atoms with Gasteiger partial charge in [0.2, 0.25) is 11.8 Å². The molecule has 0 saturated heterocycles. The molecule has 2 aromatic rings. The summed E-state index contributed by atoms with van der Waals surface area (Å²) < 4.78 is 5.54. The molecule has 0 unspecified atom stereocenters. The molecule has 2 rings (SSSR count). The van der Waals surface area contributed by atoms with Crippen molar-refractivity contribution in [3.05, 3.63) is 65.2 Å². The third-order valence-corrected chi connectivity index (χ3v) is 4.26. The average Bonchev–Trinajstić information content (AvgIpc) is 2.64. The van der Waals surface area contributed by atoms with E-state index in [1.165, 1.54) is 11.0 Å². The number of carbonyl (C=O) groups excluding carboxylic acids is 2. The number of likely N-dealkylation sites (N-methyl/N-ethyl adjacent to an activating group) is 1. The number of nitrogens with one attached hydrogen (secondary N) is 1. The lowest BCUT2D eigenvalue weighted by Gasteiger charge is -2.16. The van der Waals surface area contributed by atoms with Crippen molar-refractivity contribution in [1.82, 2.24) is 4.90 Å². The normalized spacial score (nSPS) is 10.7. The lowest BCUT2D eigenvalue weighted by Crippen LogP contribution is -2.34. The summed E-state index contributed by atoms with van der Waals surface area (Å²) in [6.45, 7) is 6.39. The first kappa shape index (κ1) is 20.2. The molecule has 2 amide bonds. The molecule has 5 heteroatoms. The van der Waals surface area contributed by atoms with E-state index >= 15 is 0 Å². The highest BCUT2D eigenvalue weighted by Crippen LogP contribution is 2.20. The molecule has 0 aromatic heterocycles. The van der Waals surface area contributed by atoms with E-state index in [1.54, 1.807) is 13.1 Å². The van der Waals surface area contributed by atoms with Gasteiger partial charge < -0.3 is 15.0 Å². The quantitative estimate of drug-likeness (QED) is 0.758. The second kappa shape index (κ2) is 9.57. The lowest BCUT2D eigenvalue weighted by atomic mass is 10.1. The van der Waals surface area contributed by atoms with Gasteiger partial charge in [-0.05, 0) is 50.1 Å². The van der Waals surface area contributed by atoms with E-state index < -0.39 is 0 Å². The van der Waals surface area contributed by atoms with Gasteiger partial charge in [-0.1, -0.05) is 30.3 Å². The zero-order chi connectivity index (χ0) is 19.8. The molecule has 142 valence electrons. The van der Waals surface area contributed by atoms with Crippen molar-refractivity contribution in [2.75, 3.05) is 25.5 Å². The molecule has 5 nitrogen and oxygen atoms in total. The fourth-order valence-corrected chi connectivity index (χ4v) is 2.56. The van der Waals surface area contributed by atoms with Crippen LogP contribution in [0.4, 0.5) is 5.69 Å². The number of anilines is 1. The molecule has 1 N–H and O–H groups in total. The Morgan fingerprint density at radius 1 is 1.11 bits per heavy atom. The first-order chi connectivity index (χ1) is 12.9. The van der Waals surface area contributed by atoms with E-state index in [4.69, 9.17) is 4.74 Å². The molecule has 0 saturated carbocycles. The molecule has 27 heavy (non-hydrogen) atoms. The minimum absolute atomic E-state index is 0.0241. The molecular weight excluding hydrogens is 340 g/mol. The van der Waals surface area contributed by atoms with Crippen LogP contribution in [0.1, 0.15) is 23.6 Å². The Bertz CT molecular complexity index is 843. The number of nitrogens with zero attached hydrogens (tertiary/aromatic N) is 1. The summed E-state index contributed by atoms with van der Waals surface area (Å²) in [4.78, 5) is 25.9. The number of hydrogen-bond donors (Lipinski definition) is 1. The van der Waals surface area contributed by atoms with Gasteiger partial charge >= 0.3 is 0 Å². The standard InChI is InChI=1S/C22H26N2O3/c1-5-27-20-12-7-6-10-18(20)13-14-22(26)24(4)15-21(25)23-19-11-8-9-16(2)17(19)3/h6-14H,5,15H2,1-4H3,(H,23,25). The van der Waals surface area contributed by atoms with Crippen molar-refractivity contribution in [1.29, 1.82) is 0 Å². The van der Waals surface area contributed by atoms with Crippen molar-refractivity contribution in [3.63, 3.8) is 0 Å². The Kier molecular flexibility index (Phi) is 7.17. The van der Waals surface area contributed by atoms with Gasteiger partial charge in [0.05, 0.1) is 13.2 Å². The van der Waals surface area contributed by atoms with Crippen LogP contribution in [0.15, 0.2) is 48.5 Å². The number of ether oxygens (including phenoxy) is 1. The molecule has 0 aliphatic rings. The van der Waals surface area contributed by atoms with Gasteiger partial charge in [0.25, 0.3) is 0 Å². The fourth-order valence-electron chi connectivity index (χ4n) is 2.56. The average molecular weight is 366 g/mol. The number of benzene rings is 2. The largest absolute Gasteiger partial charge is 0.493 e. The van der Waals surface area contributed by atoms with Crippen LogP contribution >= 0.6 is 0 Å². The van der Waals surface area contributed by atoms with Crippen molar-refractivity contribution in [2.24, 2.45) is 0 Å². The number of carbonyl (C=O) groups is 2. The summed E-state index contributed by atoms with van der Waals surface area (Å²) in [6, 6.07) is 13.2. The highest BCUT2D eigenvalue weighted by atomic mass is 16.5. The molecular formula is C22H26N2O3. The van der Waals surface area contributed by atoms with Crippen molar-refractivity contribution < 1.29 is 14.3 Å². The highest BCUT2D eigenvalue weighted by molar-refractivity contribution is 5.98. The Balaban J connectivity index is 1.97. The highest BCUT2D eigenvalue weighted by Gasteiger charge is 2.12. The molecule has 0 bridgehead atoms. The fraction of sp³-hybridized carbons (Fsp3) is 0.273. The maximum absolute atomic E-state index is 12.3. The summed E-state index contributed by atoms with van der Waals surface area (Å²) in [5, 5.41) is 2.86. The third kappa shape index (κ3) is 5.71. The zero-order valence-corrected chi connectivity index (χ0v) is 16.3. The van der Waals surface area contributed by atoms with Crippen LogP contribution in [0, 0.1) is 13.8 Å². The van der Waals surface area contributed by atoms with Crippen LogP contribution in [0.2, 0.25) is 0 Å². The van der Waals surface area contributed by atoms with Crippen LogP contribution in [-0.4, -0.2) is 36.9 Å². The molecule has 0 spiro atoms. The van der Waals surface area contributed by atoms with Crippen LogP contribution in [0.25, 0.3) is 6.08 Å². The van der Waals surface area contributed by atoms with Gasteiger partial charge in [0.15, 0.2) is 0 Å². The van der Waals surface area contributed by atoms with Crippen LogP contribution in [-0.2, 0) is 9.59 Å². The van der Waals surface area contributed by atoms with Gasteiger partial charge in [0.1, 0.15) is 5.75 Å². The third-order valence-electron chi connectivity index (χ3n) is 4.26. The minimum atomic E-state index is -0.252. The molecule has 0 radical (unpaired) electrons. The molecule has 0 atom stereocenters. The SMILES string of the molecule is CCOc1ccccc1C=CC(=O)N(C)CC(=O)Nc1cccc(C)c1C. The van der Waals surface area contributed by atoms with Crippen LogP contribution < -0.4 is 10.1 Å². The Labute approximate surface area is 160 Å². The number of hydrogen-bond acceptors (Lipinski definition) is 3. The van der Waals surface area contributed by atoms with E-state index in [2.05, 4.69) is 5.32 Å². The first-order valence-electron chi connectivity index (χ1n) is 8.93. The van der Waals surface area contributed by atoms with Crippen LogP contribution in [0.3, 0.4) is 0 Å². The van der Waals surface area contributed by atoms with Gasteiger partial charge in [-0.2, -0.15) is 0 Å². The smallest absolute Gasteiger partial charge is 0.246 e. The van der Waals surface area contributed by atoms with Gasteiger partial charge in [-0.25, -0.2) is 0 Å². The molecule has 0 fully saturated rings. The Morgan fingerprint density at radius 2 is 1.85 bits per heavy atom. The van der Waals surface area contributed by atoms with E-state index in [1.807, 2.05) is 63.2 Å². The summed E-state index contributed by atoms with van der Waals surface area (Å²) in [6.07, 6.45) is 3.15. The summed E-state index contributed by atoms with van der Waals surface area (Å²) in [7, 11) is 1.60. The number of rotatable bonds is 7. The Hall–Kier alpha value is -3.08. The van der Waals surface area contributed by atoms with Crippen molar-refractivity contribution in [3.8, 4) is 5.75 Å². The van der Waals surface area contributed by atoms with Crippen molar-refractivity contribution >= 4 is 23.6 Å². The van der Waals surface area contributed by atoms with E-state index in [9.17, 15) is 9.59 Å². The Morgan fingerprint density at radius 3 is 2.59 bits per heavy atom. The molecule has 0 aliphatic carbocycles. The van der Waals surface area contributed by atoms with Gasteiger partial charge in [-0.3, -0.25) is 9.59 Å². The summed E-state index contributed by atoms with van der Waals surface area (Å²) >= 11 is 0. The molecule has 0 heterocycles. The van der Waals surface area contributed by atoms with Gasteiger partial charge in [-0.15, -0.1) is 0 Å². The van der Waals surface area contributed by atoms with Crippen LogP contribution in [0.5, 0.6) is 5.75 Å². The zero-order valence-electron chi connectivity index (χ0n) is 16.3. The topological polar surface area (TPSA) is 58.6 Å². The van der Waals surface area contributed by atoms with E-state index in [0.29, 0.717) is 6.61 Å². The minimum Gasteiger partial charge on any atom is -0.493 e. The molecule has 0 aliphatic heterocycles. The summed E-state index contributed by atoms with van der Waals surface area (Å²) in [5.41, 5.74) is 3.71.